The van der Waals surface area contributed by atoms with Gasteiger partial charge in [0.25, 0.3) is 11.8 Å². The summed E-state index contributed by atoms with van der Waals surface area (Å²) >= 11 is 0. The molecule has 2 aromatic carbocycles. The summed E-state index contributed by atoms with van der Waals surface area (Å²) in [5.74, 6) is -1.27. The Bertz CT molecular complexity index is 2610. The van der Waals surface area contributed by atoms with Gasteiger partial charge >= 0.3 is 6.09 Å². The highest BCUT2D eigenvalue weighted by atomic mass is 35.5. The lowest BCUT2D eigenvalue weighted by molar-refractivity contribution is -0.132. The fourth-order valence-electron chi connectivity index (χ4n) is 8.25. The quantitative estimate of drug-likeness (QED) is 0.132. The van der Waals surface area contributed by atoms with E-state index >= 15 is 0 Å². The van der Waals surface area contributed by atoms with Crippen molar-refractivity contribution in [3.8, 4) is 0 Å². The first kappa shape index (κ1) is 65.0. The van der Waals surface area contributed by atoms with Crippen LogP contribution >= 0.6 is 12.4 Å². The van der Waals surface area contributed by atoms with E-state index in [9.17, 15) is 32.8 Å². The topological polar surface area (TPSA) is 212 Å². The number of carbonyl (C=O) groups excluding carboxylic acids is 5. The number of aromatic nitrogens is 2. The molecule has 6 heterocycles. The first-order chi connectivity index (χ1) is 32.7. The van der Waals surface area contributed by atoms with Crippen LogP contribution in [0.15, 0.2) is 36.4 Å². The van der Waals surface area contributed by atoms with Gasteiger partial charge in [-0.2, -0.15) is 0 Å². The van der Waals surface area contributed by atoms with Crippen LogP contribution < -0.4 is 28.4 Å². The Morgan fingerprint density at radius 3 is 1.38 bits per heavy atom. The summed E-state index contributed by atoms with van der Waals surface area (Å²) in [5, 5.41) is 23.9. The van der Waals surface area contributed by atoms with E-state index < -0.39 is 11.4 Å². The average molecular weight is 1060 g/mol. The number of ether oxygens (including phenoxy) is 1. The first-order valence-corrected chi connectivity index (χ1v) is 23.2. The van der Waals surface area contributed by atoms with Crippen LogP contribution in [0.5, 0.6) is 0 Å². The Kier molecular flexibility index (Phi) is 25.8. The second-order valence-electron chi connectivity index (χ2n) is 17.9. The molecule has 0 spiro atoms. The molecule has 20 heteroatoms. The Hall–Kier alpha value is -6.05. The van der Waals surface area contributed by atoms with Gasteiger partial charge in [0, 0.05) is 111 Å². The number of aliphatic hydroxyl groups is 2. The SMILES string of the molecule is C.C.CCO.CCO.Cc1[nH]c(/C=C2\C(=O)Nc3ccc(F)cc32)c(C)c1CC(=O)N1CCN(C(=O)OC(C)(C)C)CC1.Cc1[nH]c(/C=C2\C(=O)Nc3ccc(F)cc32)c(C)c1CC(=O)N1CCNCC1.Cl.[Cl-]. The standard InChI is InChI=1S/C26H31FN4O4.C21H23FN4O2.2C2H6O.2CH4.2ClH/c1-15-18(14-23(32)30-8-10-31(11-9-30)25(34)35-26(3,4)5)16(2)28-22(15)13-20-19-12-17(27)6-7-21(19)29-24(20)33;1-12-15(11-20(27)26-7-5-23-6-8-26)13(2)24-19(12)10-17-16-9-14(22)3-4-18(16)25-21(17)28;2*1-2-3;;;;/h6-7,12-13,28H,8-11,14H2,1-5H3,(H,29,33);3-4,9-10,23-24H,5-8,11H2,1-2H3,(H,25,28);2*3H,2H2,1H3;2*1H4;2*1H/p-1/b20-13-;17-10-;;;;;;. The number of aliphatic hydroxyl groups excluding tert-OH is 2. The van der Waals surface area contributed by atoms with Crippen molar-refractivity contribution in [3.63, 3.8) is 0 Å². The Labute approximate surface area is 441 Å². The minimum atomic E-state index is -0.560. The van der Waals surface area contributed by atoms with E-state index in [1.54, 1.807) is 47.9 Å². The summed E-state index contributed by atoms with van der Waals surface area (Å²) in [4.78, 5) is 74.6. The number of carbonyl (C=O) groups is 5. The van der Waals surface area contributed by atoms with Crippen LogP contribution in [0.4, 0.5) is 25.0 Å². The monoisotopic (exact) mass is 1060 g/mol. The largest absolute Gasteiger partial charge is 1.00 e. The molecule has 2 fully saturated rings. The summed E-state index contributed by atoms with van der Waals surface area (Å²) < 4.78 is 32.8. The fourth-order valence-corrected chi connectivity index (χ4v) is 8.25. The average Bonchev–Trinajstić information content (AvgIpc) is 3.96. The van der Waals surface area contributed by atoms with Crippen LogP contribution in [-0.4, -0.2) is 136 Å². The number of amides is 5. The van der Waals surface area contributed by atoms with Gasteiger partial charge in [-0.15, -0.1) is 12.4 Å². The predicted octanol–water partition coefficient (Wildman–Crippen LogP) is 4.82. The van der Waals surface area contributed by atoms with E-state index in [4.69, 9.17) is 14.9 Å². The number of nitrogens with zero attached hydrogens (tertiary/aromatic N) is 3. The molecule has 0 unspecified atom stereocenters. The van der Waals surface area contributed by atoms with Gasteiger partial charge in [-0.1, -0.05) is 14.9 Å². The Balaban J connectivity index is 0.000000637. The predicted molar refractivity (Wildman–Crippen MR) is 284 cm³/mol. The molecule has 7 N–H and O–H groups in total. The third-order valence-electron chi connectivity index (χ3n) is 11.8. The number of fused-ring (bicyclic) bond motifs is 2. The maximum atomic E-state index is 13.8. The maximum Gasteiger partial charge on any atom is 0.410 e. The minimum absolute atomic E-state index is 0. The number of H-pyrrole nitrogens is 2. The lowest BCUT2D eigenvalue weighted by Gasteiger charge is -2.35. The molecule has 0 aliphatic carbocycles. The van der Waals surface area contributed by atoms with E-state index in [-0.39, 0.29) is 94.8 Å². The first-order valence-electron chi connectivity index (χ1n) is 23.2. The lowest BCUT2D eigenvalue weighted by atomic mass is 10.0. The number of aryl methyl sites for hydroxylation is 2. The normalized spacial score (nSPS) is 15.4. The Morgan fingerprint density at radius 2 is 1.01 bits per heavy atom. The zero-order valence-electron chi connectivity index (χ0n) is 41.8. The van der Waals surface area contributed by atoms with Crippen LogP contribution in [0.3, 0.4) is 0 Å². The molecule has 2 aromatic heterocycles. The summed E-state index contributed by atoms with van der Waals surface area (Å²) in [6.07, 6.45) is 3.62. The van der Waals surface area contributed by atoms with Crippen molar-refractivity contribution in [1.29, 1.82) is 0 Å². The number of benzene rings is 2. The van der Waals surface area contributed by atoms with E-state index in [1.165, 1.54) is 24.3 Å². The van der Waals surface area contributed by atoms with Crippen molar-refractivity contribution < 1.29 is 60.1 Å². The number of hydrogen-bond donors (Lipinski definition) is 7. The molecule has 73 heavy (non-hydrogen) atoms. The van der Waals surface area contributed by atoms with Gasteiger partial charge in [0.2, 0.25) is 11.8 Å². The second kappa shape index (κ2) is 29.0. The molecule has 4 aromatic rings. The highest BCUT2D eigenvalue weighted by Gasteiger charge is 2.30. The molecule has 0 saturated carbocycles. The van der Waals surface area contributed by atoms with Gasteiger partial charge in [0.15, 0.2) is 0 Å². The molecule has 8 rings (SSSR count). The molecule has 4 aliphatic rings. The van der Waals surface area contributed by atoms with Crippen molar-refractivity contribution in [2.75, 3.05) is 76.2 Å². The van der Waals surface area contributed by atoms with Gasteiger partial charge in [0.1, 0.15) is 17.2 Å². The van der Waals surface area contributed by atoms with Gasteiger partial charge in [-0.25, -0.2) is 13.6 Å². The number of anilines is 2. The highest BCUT2D eigenvalue weighted by Crippen LogP contribution is 2.36. The minimum Gasteiger partial charge on any atom is -1.00 e. The molecule has 2 saturated heterocycles. The van der Waals surface area contributed by atoms with Crippen molar-refractivity contribution >= 4 is 76.8 Å². The van der Waals surface area contributed by atoms with Gasteiger partial charge in [0.05, 0.1) is 24.0 Å². The summed E-state index contributed by atoms with van der Waals surface area (Å²) in [6.45, 7) is 21.8. The number of hydrogen-bond acceptors (Lipinski definition) is 9. The molecule has 0 bridgehead atoms. The molecule has 404 valence electrons. The van der Waals surface area contributed by atoms with Crippen molar-refractivity contribution in [1.82, 2.24) is 30.0 Å². The summed E-state index contributed by atoms with van der Waals surface area (Å²) in [5.41, 5.74) is 9.33. The number of piperazine rings is 2. The van der Waals surface area contributed by atoms with Crippen molar-refractivity contribution in [3.05, 3.63) is 104 Å². The third-order valence-corrected chi connectivity index (χ3v) is 11.8. The van der Waals surface area contributed by atoms with Crippen LogP contribution in [0.25, 0.3) is 23.3 Å². The van der Waals surface area contributed by atoms with Crippen LogP contribution in [0, 0.1) is 39.3 Å². The lowest BCUT2D eigenvalue weighted by Crippen LogP contribution is -3.00. The number of nitrogens with one attached hydrogen (secondary N) is 5. The van der Waals surface area contributed by atoms with E-state index in [1.807, 2.05) is 53.4 Å². The zero-order valence-corrected chi connectivity index (χ0v) is 43.4. The fraction of sp³-hybridized carbons (Fsp3) is 0.453. The molecule has 16 nitrogen and oxygen atoms in total. The number of rotatable bonds is 6. The van der Waals surface area contributed by atoms with Crippen molar-refractivity contribution in [2.45, 2.75) is 95.6 Å². The second-order valence-corrected chi connectivity index (χ2v) is 17.9. The summed E-state index contributed by atoms with van der Waals surface area (Å²) in [6, 6.07) is 8.44. The Morgan fingerprint density at radius 1 is 0.658 bits per heavy atom. The van der Waals surface area contributed by atoms with Crippen molar-refractivity contribution in [2.24, 2.45) is 0 Å². The molecule has 0 radical (unpaired) electrons. The summed E-state index contributed by atoms with van der Waals surface area (Å²) in [7, 11) is 0. The smallest absolute Gasteiger partial charge is 0.410 e. The molecule has 4 aliphatic heterocycles. The third kappa shape index (κ3) is 16.7. The van der Waals surface area contributed by atoms with E-state index in [2.05, 4.69) is 25.9 Å². The van der Waals surface area contributed by atoms with Gasteiger partial charge < -0.3 is 68.0 Å². The molecular weight excluding hydrogens is 986 g/mol. The van der Waals surface area contributed by atoms with Gasteiger partial charge in [-0.05, 0) is 133 Å². The zero-order chi connectivity index (χ0) is 50.7. The maximum absolute atomic E-state index is 13.8. The van der Waals surface area contributed by atoms with E-state index in [0.717, 1.165) is 65.5 Å². The van der Waals surface area contributed by atoms with Crippen LogP contribution in [0.2, 0.25) is 0 Å². The molecular formula is C53H75Cl2F2N8O8-. The van der Waals surface area contributed by atoms with Crippen LogP contribution in [0.1, 0.15) is 106 Å². The molecule has 0 atom stereocenters. The van der Waals surface area contributed by atoms with Crippen LogP contribution in [-0.2, 0) is 36.8 Å². The number of halogens is 4. The molecule has 5 amide bonds. The highest BCUT2D eigenvalue weighted by molar-refractivity contribution is 6.35. The number of aromatic amines is 2. The van der Waals surface area contributed by atoms with Gasteiger partial charge in [-0.3, -0.25) is 19.2 Å². The van der Waals surface area contributed by atoms with E-state index in [0.29, 0.717) is 71.9 Å².